The van der Waals surface area contributed by atoms with E-state index in [9.17, 15) is 18.5 Å². The fraction of sp³-hybridized carbons (Fsp3) is 0. The number of rotatable bonds is 3. The van der Waals surface area contributed by atoms with E-state index >= 15 is 0 Å². The van der Waals surface area contributed by atoms with E-state index in [0.29, 0.717) is 0 Å². The van der Waals surface area contributed by atoms with Crippen LogP contribution in [0.4, 0.5) is 11.4 Å². The quantitative estimate of drug-likeness (QED) is 0.274. The number of nitro benzene ring substituents is 1. The van der Waals surface area contributed by atoms with Gasteiger partial charge in [-0.2, -0.15) is 8.42 Å². The molecule has 9 heteroatoms. The van der Waals surface area contributed by atoms with Gasteiger partial charge >= 0.3 is 39.9 Å². The molecule has 0 unspecified atom stereocenters. The number of hydrogen-bond acceptors (Lipinski definition) is 4. The van der Waals surface area contributed by atoms with E-state index < -0.39 is 15.2 Å². The summed E-state index contributed by atoms with van der Waals surface area (Å²) in [6.45, 7) is 0. The van der Waals surface area contributed by atoms with Crippen molar-refractivity contribution in [3.8, 4) is 0 Å². The molecule has 0 aliphatic heterocycles. The van der Waals surface area contributed by atoms with Crippen molar-refractivity contribution >= 4 is 21.7 Å². The summed E-state index contributed by atoms with van der Waals surface area (Å²) in [5.41, 5.74) is -0.107. The van der Waals surface area contributed by atoms with E-state index in [-0.39, 0.29) is 42.4 Å². The summed E-state index contributed by atoms with van der Waals surface area (Å²) < 4.78 is 30.8. The first-order chi connectivity index (χ1) is 6.38. The van der Waals surface area contributed by atoms with Crippen molar-refractivity contribution < 1.29 is 48.9 Å². The molecule has 1 rings (SSSR count). The van der Waals surface area contributed by atoms with Crippen LogP contribution in [0.25, 0.3) is 0 Å². The second-order valence-corrected chi connectivity index (χ2v) is 3.54. The van der Waals surface area contributed by atoms with Gasteiger partial charge < -0.3 is 1.43 Å². The van der Waals surface area contributed by atoms with Crippen LogP contribution in [0.15, 0.2) is 24.3 Å². The predicted octanol–water partition coefficient (Wildman–Crippen LogP) is -2.07. The monoisotopic (exact) mass is 242 g/mol. The molecule has 0 radical (unpaired) electrons. The van der Waals surface area contributed by atoms with Crippen molar-refractivity contribution in [1.29, 1.82) is 0 Å². The fourth-order valence-electron chi connectivity index (χ4n) is 0.800. The number of nitro groups is 1. The Morgan fingerprint density at radius 3 is 2.13 bits per heavy atom. The predicted molar refractivity (Wildman–Crippen MR) is 49.4 cm³/mol. The second-order valence-electron chi connectivity index (χ2n) is 2.38. The van der Waals surface area contributed by atoms with Gasteiger partial charge in [0.2, 0.25) is 0 Å². The van der Waals surface area contributed by atoms with Crippen LogP contribution >= 0.6 is 0 Å². The van der Waals surface area contributed by atoms with Crippen molar-refractivity contribution in [2.75, 3.05) is 4.72 Å². The molecule has 0 saturated carbocycles. The van der Waals surface area contributed by atoms with Crippen molar-refractivity contribution in [1.82, 2.24) is 0 Å². The molecule has 0 aliphatic carbocycles. The number of nitrogens with one attached hydrogen (secondary N) is 1. The molecule has 0 amide bonds. The summed E-state index contributed by atoms with van der Waals surface area (Å²) in [7, 11) is -4.33. The van der Waals surface area contributed by atoms with E-state index in [0.717, 1.165) is 12.1 Å². The molecule has 0 saturated heterocycles. The van der Waals surface area contributed by atoms with Gasteiger partial charge in [0.1, 0.15) is 0 Å². The van der Waals surface area contributed by atoms with Gasteiger partial charge in [-0.15, -0.1) is 0 Å². The largest absolute Gasteiger partial charge is 1.00 e. The minimum atomic E-state index is -4.33. The average Bonchev–Trinajstić information content (AvgIpc) is 2.02. The molecular weight excluding hydrogens is 235 g/mol. The first-order valence-electron chi connectivity index (χ1n) is 3.38. The van der Waals surface area contributed by atoms with Gasteiger partial charge in [-0.25, -0.2) is 0 Å². The molecule has 0 fully saturated rings. The number of nitrogens with zero attached hydrogens (tertiary/aromatic N) is 1. The molecule has 0 aromatic heterocycles. The summed E-state index contributed by atoms with van der Waals surface area (Å²) in [6, 6.07) is 4.58. The Balaban J connectivity index is 0. The molecule has 0 aliphatic rings. The third-order valence-corrected chi connectivity index (χ3v) is 1.82. The molecule has 0 bridgehead atoms. The molecule has 15 heavy (non-hydrogen) atoms. The number of anilines is 1. The fourth-order valence-corrected chi connectivity index (χ4v) is 1.23. The number of hydrogen-bond donors (Lipinski definition) is 2. The molecule has 1 aromatic carbocycles. The Bertz CT molecular complexity index is 448. The van der Waals surface area contributed by atoms with Crippen molar-refractivity contribution in [3.63, 3.8) is 0 Å². The maximum atomic E-state index is 10.3. The molecule has 7 nitrogen and oxygen atoms in total. The van der Waals surface area contributed by atoms with Gasteiger partial charge in [0.25, 0.3) is 5.69 Å². The first-order valence-corrected chi connectivity index (χ1v) is 4.82. The Hall–Kier alpha value is -0.670. The van der Waals surface area contributed by atoms with E-state index in [2.05, 4.69) is 0 Å². The van der Waals surface area contributed by atoms with Gasteiger partial charge in [-0.05, 0) is 12.1 Å². The van der Waals surface area contributed by atoms with Crippen LogP contribution in [0.2, 0.25) is 0 Å². The van der Waals surface area contributed by atoms with E-state index in [1.54, 1.807) is 4.72 Å². The van der Waals surface area contributed by atoms with Crippen LogP contribution < -0.4 is 34.3 Å². The third kappa shape index (κ3) is 5.09. The van der Waals surface area contributed by atoms with Crippen LogP contribution in [0.1, 0.15) is 1.43 Å². The molecule has 0 spiro atoms. The summed E-state index contributed by atoms with van der Waals surface area (Å²) in [4.78, 5) is 9.60. The number of benzene rings is 1. The first kappa shape index (κ1) is 14.3. The van der Waals surface area contributed by atoms with Crippen molar-refractivity contribution in [2.24, 2.45) is 0 Å². The standard InChI is InChI=1S/C6H6N2O5S.Na.H/c9-8(10)6-3-1-5(2-4-6)7-14(11,12)13;;/h1-4,7H,(H,11,12,13);;/q;+1;-1. The van der Waals surface area contributed by atoms with E-state index in [1.165, 1.54) is 12.1 Å². The molecule has 0 atom stereocenters. The topological polar surface area (TPSA) is 110 Å². The van der Waals surface area contributed by atoms with Gasteiger partial charge in [-0.1, -0.05) is 0 Å². The zero-order chi connectivity index (χ0) is 10.8. The van der Waals surface area contributed by atoms with Gasteiger partial charge in [-0.3, -0.25) is 19.4 Å². The Morgan fingerprint density at radius 1 is 1.33 bits per heavy atom. The summed E-state index contributed by atoms with van der Waals surface area (Å²) in [6.07, 6.45) is 0. The molecule has 78 valence electrons. The normalized spacial score (nSPS) is 10.2. The van der Waals surface area contributed by atoms with Crippen LogP contribution in [0, 0.1) is 10.1 Å². The smallest absolute Gasteiger partial charge is 1.00 e. The minimum absolute atomic E-state index is 0. The Labute approximate surface area is 109 Å². The zero-order valence-electron chi connectivity index (χ0n) is 8.75. The Morgan fingerprint density at radius 2 is 1.80 bits per heavy atom. The van der Waals surface area contributed by atoms with Crippen LogP contribution in [0.3, 0.4) is 0 Å². The van der Waals surface area contributed by atoms with Crippen LogP contribution in [-0.2, 0) is 10.3 Å². The summed E-state index contributed by atoms with van der Waals surface area (Å²) in [5.74, 6) is 0. The molecule has 2 N–H and O–H groups in total. The number of non-ortho nitro benzene ring substituents is 1. The maximum Gasteiger partial charge on any atom is 1.00 e. The third-order valence-electron chi connectivity index (χ3n) is 1.32. The second kappa shape index (κ2) is 5.42. The maximum absolute atomic E-state index is 10.3. The van der Waals surface area contributed by atoms with Crippen LogP contribution in [-0.4, -0.2) is 17.9 Å². The van der Waals surface area contributed by atoms with Gasteiger partial charge in [0.05, 0.1) is 10.6 Å². The van der Waals surface area contributed by atoms with E-state index in [4.69, 9.17) is 4.55 Å². The van der Waals surface area contributed by atoms with Crippen molar-refractivity contribution in [2.45, 2.75) is 0 Å². The van der Waals surface area contributed by atoms with Crippen LogP contribution in [0.5, 0.6) is 0 Å². The summed E-state index contributed by atoms with van der Waals surface area (Å²) in [5, 5.41) is 10.2. The van der Waals surface area contributed by atoms with Gasteiger partial charge in [0.15, 0.2) is 0 Å². The minimum Gasteiger partial charge on any atom is -1.00 e. The molecule has 1 aromatic rings. The Kier molecular flexibility index (Phi) is 5.18. The SMILES string of the molecule is O=[N+]([O-])c1ccc(NS(=O)(=O)O)cc1.[H-].[Na+]. The molecule has 0 heterocycles. The van der Waals surface area contributed by atoms with Crippen molar-refractivity contribution in [3.05, 3.63) is 34.4 Å². The summed E-state index contributed by atoms with van der Waals surface area (Å²) >= 11 is 0. The molecular formula is C6H7N2NaO5S. The zero-order valence-corrected chi connectivity index (χ0v) is 10.6. The van der Waals surface area contributed by atoms with E-state index in [1.807, 2.05) is 0 Å². The van der Waals surface area contributed by atoms with Gasteiger partial charge in [0, 0.05) is 12.1 Å². The average molecular weight is 242 g/mol.